The molecule has 1 fully saturated rings. The van der Waals surface area contributed by atoms with Gasteiger partial charge < -0.3 is 14.8 Å². The zero-order valence-corrected chi connectivity index (χ0v) is 21.8. The average Bonchev–Trinajstić information content (AvgIpc) is 2.81. The molecule has 1 saturated heterocycles. The number of sulfonamides is 2. The van der Waals surface area contributed by atoms with E-state index in [1.165, 1.54) is 16.4 Å². The molecule has 35 heavy (non-hydrogen) atoms. The lowest BCUT2D eigenvalue weighted by molar-refractivity contribution is -0.119. The van der Waals surface area contributed by atoms with Crippen molar-refractivity contribution in [1.29, 1.82) is 0 Å². The monoisotopic (exact) mass is 545 g/mol. The smallest absolute Gasteiger partial charge is 0.243 e. The molecule has 0 bridgehead atoms. The lowest BCUT2D eigenvalue weighted by Crippen LogP contribution is -2.41. The number of ether oxygens (including phenoxy) is 2. The third kappa shape index (κ3) is 7.31. The van der Waals surface area contributed by atoms with Crippen LogP contribution in [-0.2, 0) is 29.6 Å². The number of rotatable bonds is 10. The van der Waals surface area contributed by atoms with Crippen LogP contribution < -0.4 is 14.4 Å². The van der Waals surface area contributed by atoms with Crippen molar-refractivity contribution in [2.75, 3.05) is 56.6 Å². The third-order valence-corrected chi connectivity index (χ3v) is 8.51. The summed E-state index contributed by atoms with van der Waals surface area (Å²) in [5, 5.41) is 3.09. The zero-order valence-electron chi connectivity index (χ0n) is 19.4. The van der Waals surface area contributed by atoms with Crippen molar-refractivity contribution < 1.29 is 31.1 Å². The highest BCUT2D eigenvalue weighted by Crippen LogP contribution is 2.25. The lowest BCUT2D eigenvalue weighted by Gasteiger charge is -2.26. The van der Waals surface area contributed by atoms with Gasteiger partial charge in [0.25, 0.3) is 0 Å². The predicted molar refractivity (Wildman–Crippen MR) is 133 cm³/mol. The van der Waals surface area contributed by atoms with Crippen LogP contribution in [0.1, 0.15) is 5.56 Å². The third-order valence-electron chi connectivity index (χ3n) is 5.24. The highest BCUT2D eigenvalue weighted by molar-refractivity contribution is 7.92. The Morgan fingerprint density at radius 3 is 2.37 bits per heavy atom. The molecule has 0 atom stereocenters. The molecular weight excluding hydrogens is 518 g/mol. The van der Waals surface area contributed by atoms with Crippen molar-refractivity contribution in [3.8, 4) is 5.75 Å². The first-order valence-corrected chi connectivity index (χ1v) is 14.5. The van der Waals surface area contributed by atoms with E-state index in [9.17, 15) is 21.6 Å². The van der Waals surface area contributed by atoms with Crippen molar-refractivity contribution >= 4 is 43.2 Å². The quantitative estimate of drug-likeness (QED) is 0.450. The predicted octanol–water partition coefficient (Wildman–Crippen LogP) is 1.63. The van der Waals surface area contributed by atoms with E-state index in [0.717, 1.165) is 10.6 Å². The number of aryl methyl sites for hydroxylation is 1. The fourth-order valence-corrected chi connectivity index (χ4v) is 6.02. The number of hydrogen-bond donors (Lipinski definition) is 1. The number of nitrogens with zero attached hydrogens (tertiary/aromatic N) is 2. The molecule has 3 rings (SSSR count). The van der Waals surface area contributed by atoms with Crippen molar-refractivity contribution in [3.05, 3.63) is 53.1 Å². The topological polar surface area (TPSA) is 122 Å². The molecule has 2 aromatic carbocycles. The second kappa shape index (κ2) is 11.6. The lowest BCUT2D eigenvalue weighted by atomic mass is 10.2. The normalized spacial score (nSPS) is 14.9. The summed E-state index contributed by atoms with van der Waals surface area (Å²) in [6.45, 7) is 2.92. The Kier molecular flexibility index (Phi) is 9.00. The van der Waals surface area contributed by atoms with Crippen LogP contribution in [0.15, 0.2) is 47.4 Å². The zero-order chi connectivity index (χ0) is 25.6. The fraction of sp³-hybridized carbons (Fsp3) is 0.409. The Labute approximate surface area is 210 Å². The van der Waals surface area contributed by atoms with Crippen LogP contribution in [-0.4, -0.2) is 79.3 Å². The molecule has 0 unspecified atom stereocenters. The van der Waals surface area contributed by atoms with Crippen LogP contribution in [0.2, 0.25) is 5.02 Å². The Morgan fingerprint density at radius 2 is 1.77 bits per heavy atom. The molecule has 0 saturated carbocycles. The summed E-state index contributed by atoms with van der Waals surface area (Å²) < 4.78 is 63.0. The van der Waals surface area contributed by atoms with Crippen molar-refractivity contribution in [3.63, 3.8) is 0 Å². The number of nitrogens with one attached hydrogen (secondary N) is 1. The van der Waals surface area contributed by atoms with Gasteiger partial charge in [0.05, 0.1) is 36.6 Å². The van der Waals surface area contributed by atoms with Gasteiger partial charge in [0.15, 0.2) is 0 Å². The van der Waals surface area contributed by atoms with Gasteiger partial charge in [-0.1, -0.05) is 11.6 Å². The molecular formula is C22H28ClN3O7S2. The maximum absolute atomic E-state index is 12.7. The van der Waals surface area contributed by atoms with E-state index in [4.69, 9.17) is 21.1 Å². The number of morpholine rings is 1. The first kappa shape index (κ1) is 27.2. The summed E-state index contributed by atoms with van der Waals surface area (Å²) >= 11 is 5.95. The van der Waals surface area contributed by atoms with Gasteiger partial charge in [0, 0.05) is 18.1 Å². The molecule has 0 aromatic heterocycles. The summed E-state index contributed by atoms with van der Waals surface area (Å²) in [7, 11) is -7.30. The Bertz CT molecular complexity index is 1250. The first-order chi connectivity index (χ1) is 16.5. The van der Waals surface area contributed by atoms with Gasteiger partial charge >= 0.3 is 0 Å². The van der Waals surface area contributed by atoms with E-state index in [0.29, 0.717) is 48.3 Å². The van der Waals surface area contributed by atoms with Crippen molar-refractivity contribution in [2.45, 2.75) is 11.8 Å². The number of amides is 1. The van der Waals surface area contributed by atoms with Gasteiger partial charge in [0.1, 0.15) is 18.9 Å². The summed E-state index contributed by atoms with van der Waals surface area (Å²) in [6, 6.07) is 10.8. The molecule has 1 N–H and O–H groups in total. The van der Waals surface area contributed by atoms with Gasteiger partial charge in [-0.15, -0.1) is 0 Å². The summed E-state index contributed by atoms with van der Waals surface area (Å²) in [4.78, 5) is 12.6. The van der Waals surface area contributed by atoms with Crippen molar-refractivity contribution in [1.82, 2.24) is 9.62 Å². The average molecular weight is 546 g/mol. The molecule has 0 spiro atoms. The molecule has 0 aliphatic carbocycles. The number of anilines is 1. The van der Waals surface area contributed by atoms with E-state index in [2.05, 4.69) is 5.32 Å². The summed E-state index contributed by atoms with van der Waals surface area (Å²) in [6.07, 6.45) is 1.03. The van der Waals surface area contributed by atoms with Crippen LogP contribution in [0.3, 0.4) is 0 Å². The van der Waals surface area contributed by atoms with Gasteiger partial charge in [-0.05, 0) is 55.0 Å². The summed E-state index contributed by atoms with van der Waals surface area (Å²) in [5.41, 5.74) is 0.994. The standard InChI is InChI=1S/C22H28ClN3O7S2/c1-17-15-18(23)3-8-21(17)26(34(2,28)29)16-22(27)24-9-12-33-19-4-6-20(7-5-19)35(30,31)25-10-13-32-14-11-25/h3-8,15H,9-14,16H2,1-2H3,(H,24,27). The fourth-order valence-electron chi connectivity index (χ4n) is 3.47. The first-order valence-electron chi connectivity index (χ1n) is 10.8. The molecule has 192 valence electrons. The molecule has 2 aromatic rings. The molecule has 13 heteroatoms. The highest BCUT2D eigenvalue weighted by atomic mass is 35.5. The van der Waals surface area contributed by atoms with Crippen LogP contribution >= 0.6 is 11.6 Å². The second-order valence-electron chi connectivity index (χ2n) is 7.89. The second-order valence-corrected chi connectivity index (χ2v) is 12.2. The van der Waals surface area contributed by atoms with Gasteiger partial charge in [-0.3, -0.25) is 9.10 Å². The largest absolute Gasteiger partial charge is 0.492 e. The van der Waals surface area contributed by atoms with Crippen LogP contribution in [0.5, 0.6) is 5.75 Å². The minimum Gasteiger partial charge on any atom is -0.492 e. The maximum Gasteiger partial charge on any atom is 0.243 e. The Balaban J connectivity index is 1.51. The minimum absolute atomic E-state index is 0.111. The highest BCUT2D eigenvalue weighted by Gasteiger charge is 2.26. The van der Waals surface area contributed by atoms with E-state index in [-0.39, 0.29) is 18.0 Å². The van der Waals surface area contributed by atoms with Gasteiger partial charge in [-0.25, -0.2) is 16.8 Å². The number of halogens is 1. The van der Waals surface area contributed by atoms with Crippen LogP contribution in [0.4, 0.5) is 5.69 Å². The molecule has 1 heterocycles. The number of benzene rings is 2. The van der Waals surface area contributed by atoms with Crippen LogP contribution in [0.25, 0.3) is 0 Å². The number of carbonyl (C=O) groups is 1. The van der Waals surface area contributed by atoms with E-state index >= 15 is 0 Å². The Morgan fingerprint density at radius 1 is 1.11 bits per heavy atom. The SMILES string of the molecule is Cc1cc(Cl)ccc1N(CC(=O)NCCOc1ccc(S(=O)(=O)N2CCOCC2)cc1)S(C)(=O)=O. The number of hydrogen-bond acceptors (Lipinski definition) is 7. The van der Waals surface area contributed by atoms with E-state index in [1.807, 2.05) is 0 Å². The van der Waals surface area contributed by atoms with Crippen molar-refractivity contribution in [2.24, 2.45) is 0 Å². The van der Waals surface area contributed by atoms with Gasteiger partial charge in [-0.2, -0.15) is 4.31 Å². The maximum atomic E-state index is 12.7. The van der Waals surface area contributed by atoms with E-state index in [1.54, 1.807) is 37.3 Å². The van der Waals surface area contributed by atoms with E-state index < -0.39 is 32.5 Å². The number of carbonyl (C=O) groups excluding carboxylic acids is 1. The molecule has 1 aliphatic heterocycles. The molecule has 1 amide bonds. The molecule has 1 aliphatic rings. The van der Waals surface area contributed by atoms with Gasteiger partial charge in [0.2, 0.25) is 26.0 Å². The van der Waals surface area contributed by atoms with Crippen LogP contribution in [0, 0.1) is 6.92 Å². The molecule has 0 radical (unpaired) electrons. The molecule has 10 nitrogen and oxygen atoms in total. The Hall–Kier alpha value is -2.38. The summed E-state index contributed by atoms with van der Waals surface area (Å²) in [5.74, 6) is -0.0601. The minimum atomic E-state index is -3.71.